The smallest absolute Gasteiger partial charge is 0.698 e. The zero-order valence-corrected chi connectivity index (χ0v) is 17.2. The van der Waals surface area contributed by atoms with Crippen LogP contribution in [0.15, 0.2) is 42.5 Å². The van der Waals surface area contributed by atoms with Crippen LogP contribution < -0.4 is 0 Å². The van der Waals surface area contributed by atoms with E-state index < -0.39 is 0 Å². The van der Waals surface area contributed by atoms with Gasteiger partial charge in [-0.05, 0) is 49.4 Å². The molecule has 1 heterocycles. The summed E-state index contributed by atoms with van der Waals surface area (Å²) in [5.41, 5.74) is 11.7. The van der Waals surface area contributed by atoms with Crippen LogP contribution in [0.5, 0.6) is 0 Å². The summed E-state index contributed by atoms with van der Waals surface area (Å²) in [7, 11) is 0. The van der Waals surface area contributed by atoms with Crippen LogP contribution in [0.1, 0.15) is 58.6 Å². The van der Waals surface area contributed by atoms with E-state index in [9.17, 15) is 4.79 Å². The van der Waals surface area contributed by atoms with Gasteiger partial charge in [0.2, 0.25) is 0 Å². The van der Waals surface area contributed by atoms with Crippen LogP contribution >= 0.6 is 0 Å². The molecule has 1 amide bonds. The van der Waals surface area contributed by atoms with E-state index in [1.807, 2.05) is 48.2 Å². The van der Waals surface area contributed by atoms with Gasteiger partial charge in [0, 0.05) is 18.7 Å². The molecule has 1 saturated carbocycles. The summed E-state index contributed by atoms with van der Waals surface area (Å²) in [6.45, 7) is 3.33. The molecule has 1 aliphatic carbocycles. The van der Waals surface area contributed by atoms with Crippen LogP contribution in [-0.4, -0.2) is 23.9 Å². The van der Waals surface area contributed by atoms with Gasteiger partial charge in [0.05, 0.1) is 11.6 Å². The van der Waals surface area contributed by atoms with E-state index in [-0.39, 0.29) is 23.0 Å². The molecule has 0 atom stereocenters. The normalized spacial score (nSPS) is 15.5. The first-order valence-electron chi connectivity index (χ1n) is 9.51. The van der Waals surface area contributed by atoms with Crippen molar-refractivity contribution in [2.45, 2.75) is 38.5 Å². The number of carbonyl (C=O) groups excluding carboxylic acids is 1. The molecule has 2 aromatic rings. The summed E-state index contributed by atoms with van der Waals surface area (Å²) in [4.78, 5) is 14.5. The standard InChI is InChI=1S/C20H20N3O.C3H5.Fe/c1-14-2-5-18(12-19(14)22)20(24)23-10-8-17(9-11-23)16-6-3-15(13-21)4-7-16;1-2-3-1;/h2-7,12,17,22H,8-11H2,1H3;1H,2-3H2;/q2*-1;+2. The number of nitriles is 1. The van der Waals surface area contributed by atoms with Crippen molar-refractivity contribution in [2.24, 2.45) is 0 Å². The number of carbonyl (C=O) groups is 1. The zero-order valence-electron chi connectivity index (χ0n) is 16.1. The Morgan fingerprint density at radius 3 is 2.25 bits per heavy atom. The number of nitrogens with one attached hydrogen (secondary N) is 1. The third kappa shape index (κ3) is 5.86. The fourth-order valence-corrected chi connectivity index (χ4v) is 3.18. The Labute approximate surface area is 178 Å². The molecular formula is C23H25FeN3O. The molecule has 5 heteroatoms. The average Bonchev–Trinajstić information content (AvgIpc) is 3.59. The molecule has 1 saturated heterocycles. The van der Waals surface area contributed by atoms with Gasteiger partial charge in [0.25, 0.3) is 5.91 Å². The van der Waals surface area contributed by atoms with Gasteiger partial charge in [0.1, 0.15) is 0 Å². The first-order chi connectivity index (χ1) is 13.1. The maximum atomic E-state index is 12.6. The first-order valence-corrected chi connectivity index (χ1v) is 9.51. The number of aryl methyl sites for hydroxylation is 1. The van der Waals surface area contributed by atoms with Crippen LogP contribution in [-0.2, 0) is 17.1 Å². The third-order valence-electron chi connectivity index (χ3n) is 5.07. The molecule has 146 valence electrons. The Bertz CT molecular complexity index is 829. The largest absolute Gasteiger partial charge is 2.00 e. The second-order valence-corrected chi connectivity index (χ2v) is 7.20. The van der Waals surface area contributed by atoms with Gasteiger partial charge >= 0.3 is 17.1 Å². The average molecular weight is 415 g/mol. The number of amides is 1. The quantitative estimate of drug-likeness (QED) is 0.477. The summed E-state index contributed by atoms with van der Waals surface area (Å²) in [5, 5.41) is 8.87. The zero-order chi connectivity index (χ0) is 19.2. The van der Waals surface area contributed by atoms with E-state index in [0.29, 0.717) is 22.7 Å². The predicted octanol–water partition coefficient (Wildman–Crippen LogP) is 5.55. The van der Waals surface area contributed by atoms with Gasteiger partial charge in [-0.25, -0.2) is 12.8 Å². The number of rotatable bonds is 2. The van der Waals surface area contributed by atoms with Crippen molar-refractivity contribution in [3.63, 3.8) is 0 Å². The molecule has 0 radical (unpaired) electrons. The van der Waals surface area contributed by atoms with Crippen LogP contribution in [0.25, 0.3) is 5.73 Å². The van der Waals surface area contributed by atoms with Gasteiger partial charge in [-0.15, -0.1) is 5.69 Å². The van der Waals surface area contributed by atoms with E-state index >= 15 is 0 Å². The molecule has 28 heavy (non-hydrogen) atoms. The summed E-state index contributed by atoms with van der Waals surface area (Å²) in [5.74, 6) is 0.452. The number of piperidine rings is 1. The van der Waals surface area contributed by atoms with Gasteiger partial charge in [-0.2, -0.15) is 5.26 Å². The van der Waals surface area contributed by atoms with Crippen LogP contribution in [0.2, 0.25) is 0 Å². The Morgan fingerprint density at radius 1 is 1.14 bits per heavy atom. The topological polar surface area (TPSA) is 67.9 Å². The molecule has 0 spiro atoms. The second-order valence-electron chi connectivity index (χ2n) is 7.20. The maximum Gasteiger partial charge on any atom is 2.00 e. The van der Waals surface area contributed by atoms with Crippen LogP contribution in [0.4, 0.5) is 5.69 Å². The minimum absolute atomic E-state index is 0. The van der Waals surface area contributed by atoms with Crippen molar-refractivity contribution in [3.05, 3.63) is 76.9 Å². The Hall–Kier alpha value is -2.28. The fourth-order valence-electron chi connectivity index (χ4n) is 3.18. The number of likely N-dealkylation sites (tertiary alicyclic amines) is 1. The summed E-state index contributed by atoms with van der Waals surface area (Å²) in [6, 6.07) is 15.2. The van der Waals surface area contributed by atoms with Crippen molar-refractivity contribution in [1.82, 2.24) is 4.90 Å². The molecule has 1 N–H and O–H groups in total. The molecular weight excluding hydrogens is 390 g/mol. The molecule has 2 aliphatic rings. The van der Waals surface area contributed by atoms with Crippen molar-refractivity contribution in [3.8, 4) is 6.07 Å². The summed E-state index contributed by atoms with van der Waals surface area (Å²) >= 11 is 0. The van der Waals surface area contributed by atoms with E-state index in [2.05, 4.69) is 12.5 Å². The number of benzene rings is 2. The van der Waals surface area contributed by atoms with Crippen LogP contribution in [0, 0.1) is 24.7 Å². The third-order valence-corrected chi connectivity index (χ3v) is 5.07. The minimum atomic E-state index is 0. The van der Waals surface area contributed by atoms with E-state index in [1.165, 1.54) is 18.4 Å². The molecule has 2 aromatic carbocycles. The molecule has 4 nitrogen and oxygen atoms in total. The molecule has 0 aromatic heterocycles. The van der Waals surface area contributed by atoms with Gasteiger partial charge in [0.15, 0.2) is 0 Å². The summed E-state index contributed by atoms with van der Waals surface area (Å²) < 4.78 is 0. The monoisotopic (exact) mass is 415 g/mol. The number of nitrogens with zero attached hydrogens (tertiary/aromatic N) is 2. The maximum absolute atomic E-state index is 12.6. The van der Waals surface area contributed by atoms with Gasteiger partial charge in [-0.3, -0.25) is 4.79 Å². The molecule has 0 unspecified atom stereocenters. The SMILES string of the molecule is Cc1ccc(C(=O)N2CCC(c3ccc(C#N)cc3)CC2)cc1[NH-].[CH-]1CC1.[Fe+2]. The molecule has 1 aliphatic heterocycles. The van der Waals surface area contributed by atoms with Crippen molar-refractivity contribution >= 4 is 11.6 Å². The van der Waals surface area contributed by atoms with Crippen LogP contribution in [0.3, 0.4) is 0 Å². The Morgan fingerprint density at radius 2 is 1.75 bits per heavy atom. The fraction of sp³-hybridized carbons (Fsp3) is 0.348. The predicted molar refractivity (Wildman–Crippen MR) is 108 cm³/mol. The first kappa shape index (κ1) is 22.0. The van der Waals surface area contributed by atoms with Gasteiger partial charge in [-0.1, -0.05) is 29.8 Å². The van der Waals surface area contributed by atoms with Crippen molar-refractivity contribution in [2.75, 3.05) is 13.1 Å². The van der Waals surface area contributed by atoms with Gasteiger partial charge < -0.3 is 17.1 Å². The van der Waals surface area contributed by atoms with Crippen molar-refractivity contribution < 1.29 is 21.9 Å². The Kier molecular flexibility index (Phi) is 8.11. The summed E-state index contributed by atoms with van der Waals surface area (Å²) in [6.07, 6.45) is 6.86. The molecule has 4 rings (SSSR count). The van der Waals surface area contributed by atoms with E-state index in [1.54, 1.807) is 6.07 Å². The molecule has 2 fully saturated rings. The van der Waals surface area contributed by atoms with E-state index in [0.717, 1.165) is 31.5 Å². The minimum Gasteiger partial charge on any atom is -0.698 e. The van der Waals surface area contributed by atoms with E-state index in [4.69, 9.17) is 11.0 Å². The Balaban J connectivity index is 0.000000640. The van der Waals surface area contributed by atoms with Crippen molar-refractivity contribution in [1.29, 1.82) is 5.26 Å². The second kappa shape index (κ2) is 10.3. The molecule has 0 bridgehead atoms. The number of hydrogen-bond donors (Lipinski definition) is 0. The number of hydrogen-bond acceptors (Lipinski definition) is 2.